The molecule has 0 spiro atoms. The predicted octanol–water partition coefficient (Wildman–Crippen LogP) is 1.84. The molecule has 92 valence electrons. The molecule has 2 fully saturated rings. The van der Waals surface area contributed by atoms with Crippen LogP contribution in [0, 0.1) is 0 Å². The molecule has 0 aromatic carbocycles. The monoisotopic (exact) mass is 228 g/mol. The Bertz CT molecular complexity index is 264. The van der Waals surface area contributed by atoms with E-state index in [2.05, 4.69) is 6.58 Å². The summed E-state index contributed by atoms with van der Waals surface area (Å²) in [7, 11) is 1.63. The zero-order valence-corrected chi connectivity index (χ0v) is 10.1. The molecule has 0 aromatic rings. The summed E-state index contributed by atoms with van der Waals surface area (Å²) in [4.78, 5) is 0. The lowest BCUT2D eigenvalue weighted by atomic mass is 10.1. The van der Waals surface area contributed by atoms with Crippen molar-refractivity contribution in [1.82, 2.24) is 0 Å². The zero-order valence-electron chi connectivity index (χ0n) is 10.1. The molecule has 0 aliphatic carbocycles. The highest BCUT2D eigenvalue weighted by atomic mass is 16.8. The van der Waals surface area contributed by atoms with Crippen molar-refractivity contribution in [2.24, 2.45) is 0 Å². The van der Waals surface area contributed by atoms with E-state index in [0.717, 1.165) is 12.8 Å². The van der Waals surface area contributed by atoms with E-state index in [9.17, 15) is 0 Å². The van der Waals surface area contributed by atoms with Gasteiger partial charge < -0.3 is 18.9 Å². The summed E-state index contributed by atoms with van der Waals surface area (Å²) in [6.07, 6.45) is 3.27. The predicted molar refractivity (Wildman–Crippen MR) is 58.9 cm³/mol. The molecule has 2 heterocycles. The highest BCUT2D eigenvalue weighted by Crippen LogP contribution is 2.40. The van der Waals surface area contributed by atoms with Crippen molar-refractivity contribution in [1.29, 1.82) is 0 Å². The van der Waals surface area contributed by atoms with Gasteiger partial charge in [-0.25, -0.2) is 0 Å². The van der Waals surface area contributed by atoms with Crippen LogP contribution in [0.2, 0.25) is 0 Å². The minimum Gasteiger partial charge on any atom is -0.353 e. The molecular formula is C12H20O4. The van der Waals surface area contributed by atoms with Crippen molar-refractivity contribution in [3.63, 3.8) is 0 Å². The van der Waals surface area contributed by atoms with Crippen molar-refractivity contribution < 1.29 is 18.9 Å². The molecule has 4 heteroatoms. The van der Waals surface area contributed by atoms with Crippen LogP contribution in [0.5, 0.6) is 0 Å². The zero-order chi connectivity index (χ0) is 11.8. The topological polar surface area (TPSA) is 36.9 Å². The van der Waals surface area contributed by atoms with Crippen molar-refractivity contribution in [3.05, 3.63) is 12.7 Å². The van der Waals surface area contributed by atoms with Gasteiger partial charge in [-0.3, -0.25) is 0 Å². The van der Waals surface area contributed by atoms with Gasteiger partial charge in [-0.05, 0) is 26.7 Å². The molecule has 2 aliphatic heterocycles. The second-order valence-corrected chi connectivity index (χ2v) is 4.71. The molecule has 4 nitrogen and oxygen atoms in total. The van der Waals surface area contributed by atoms with Gasteiger partial charge in [0.05, 0.1) is 6.10 Å². The highest BCUT2D eigenvalue weighted by Gasteiger charge is 2.55. The molecular weight excluding hydrogens is 208 g/mol. The standard InChI is InChI=1S/C12H20O4/c1-5-6-7-8-9-10(11(13-4)14-8)16-12(2,3)15-9/h5,8-11H,1,6-7H2,2-4H3/t8-,9-,10-,11-/m1/s1. The van der Waals surface area contributed by atoms with Gasteiger partial charge in [-0.1, -0.05) is 6.08 Å². The van der Waals surface area contributed by atoms with E-state index in [1.807, 2.05) is 19.9 Å². The van der Waals surface area contributed by atoms with E-state index in [4.69, 9.17) is 18.9 Å². The lowest BCUT2D eigenvalue weighted by Crippen LogP contribution is -2.30. The Hall–Kier alpha value is -0.420. The molecule has 4 atom stereocenters. The number of fused-ring (bicyclic) bond motifs is 1. The average molecular weight is 228 g/mol. The Kier molecular flexibility index (Phi) is 3.35. The molecule has 0 saturated carbocycles. The maximum absolute atomic E-state index is 5.85. The van der Waals surface area contributed by atoms with Crippen LogP contribution >= 0.6 is 0 Å². The Labute approximate surface area is 96.5 Å². The van der Waals surface area contributed by atoms with Crippen molar-refractivity contribution in [2.45, 2.75) is 57.1 Å². The normalized spacial score (nSPS) is 40.9. The third-order valence-electron chi connectivity index (χ3n) is 2.99. The molecule has 0 amide bonds. The summed E-state index contributed by atoms with van der Waals surface area (Å²) in [6.45, 7) is 7.55. The minimum atomic E-state index is -0.539. The minimum absolute atomic E-state index is 0.0279. The van der Waals surface area contributed by atoms with Gasteiger partial charge >= 0.3 is 0 Å². The number of allylic oxidation sites excluding steroid dienone is 1. The fraction of sp³-hybridized carbons (Fsp3) is 0.833. The summed E-state index contributed by atoms with van der Waals surface area (Å²) in [6, 6.07) is 0. The number of ether oxygens (including phenoxy) is 4. The van der Waals surface area contributed by atoms with E-state index in [1.165, 1.54) is 0 Å². The summed E-state index contributed by atoms with van der Waals surface area (Å²) < 4.78 is 22.7. The molecule has 2 rings (SSSR count). The fourth-order valence-corrected chi connectivity index (χ4v) is 2.35. The second-order valence-electron chi connectivity index (χ2n) is 4.71. The SMILES string of the molecule is C=CCC[C@H]1O[C@@H](OC)[C@@H]2OC(C)(C)O[C@@H]21. The van der Waals surface area contributed by atoms with Crippen molar-refractivity contribution >= 4 is 0 Å². The van der Waals surface area contributed by atoms with Crippen LogP contribution in [-0.4, -0.2) is 37.5 Å². The van der Waals surface area contributed by atoms with E-state index in [0.29, 0.717) is 0 Å². The van der Waals surface area contributed by atoms with E-state index < -0.39 is 5.79 Å². The lowest BCUT2D eigenvalue weighted by Gasteiger charge is -2.23. The second kappa shape index (κ2) is 4.45. The summed E-state index contributed by atoms with van der Waals surface area (Å²) in [5.74, 6) is -0.539. The maximum Gasteiger partial charge on any atom is 0.186 e. The summed E-state index contributed by atoms with van der Waals surface area (Å²) >= 11 is 0. The fourth-order valence-electron chi connectivity index (χ4n) is 2.35. The first-order chi connectivity index (χ1) is 7.57. The molecule has 0 N–H and O–H groups in total. The molecule has 0 unspecified atom stereocenters. The number of methoxy groups -OCH3 is 1. The Morgan fingerprint density at radius 1 is 1.31 bits per heavy atom. The van der Waals surface area contributed by atoms with Crippen LogP contribution in [0.4, 0.5) is 0 Å². The Balaban J connectivity index is 2.04. The molecule has 16 heavy (non-hydrogen) atoms. The van der Waals surface area contributed by atoms with Gasteiger partial charge in [0.1, 0.15) is 12.2 Å². The maximum atomic E-state index is 5.85. The average Bonchev–Trinajstić information content (AvgIpc) is 2.69. The molecule has 0 radical (unpaired) electrons. The smallest absolute Gasteiger partial charge is 0.186 e. The van der Waals surface area contributed by atoms with Gasteiger partial charge in [0.15, 0.2) is 12.1 Å². The van der Waals surface area contributed by atoms with E-state index >= 15 is 0 Å². The number of rotatable bonds is 4. The first kappa shape index (κ1) is 12.0. The van der Waals surface area contributed by atoms with Crippen molar-refractivity contribution in [3.8, 4) is 0 Å². The molecule has 0 aromatic heterocycles. The quantitative estimate of drug-likeness (QED) is 0.688. The van der Waals surface area contributed by atoms with Gasteiger partial charge in [0.2, 0.25) is 0 Å². The van der Waals surface area contributed by atoms with Gasteiger partial charge in [0.25, 0.3) is 0 Å². The molecule has 2 aliphatic rings. The van der Waals surface area contributed by atoms with Crippen LogP contribution in [0.25, 0.3) is 0 Å². The summed E-state index contributed by atoms with van der Waals surface area (Å²) in [5.41, 5.74) is 0. The van der Waals surface area contributed by atoms with Crippen LogP contribution in [0.1, 0.15) is 26.7 Å². The summed E-state index contributed by atoms with van der Waals surface area (Å²) in [5, 5.41) is 0. The third kappa shape index (κ3) is 2.15. The number of hydrogen-bond donors (Lipinski definition) is 0. The van der Waals surface area contributed by atoms with Gasteiger partial charge in [-0.2, -0.15) is 0 Å². The molecule has 0 bridgehead atoms. The third-order valence-corrected chi connectivity index (χ3v) is 2.99. The lowest BCUT2D eigenvalue weighted by molar-refractivity contribution is -0.227. The first-order valence-electron chi connectivity index (χ1n) is 5.72. The molecule has 2 saturated heterocycles. The van der Waals surface area contributed by atoms with Crippen LogP contribution in [0.15, 0.2) is 12.7 Å². The highest BCUT2D eigenvalue weighted by molar-refractivity contribution is 4.95. The Morgan fingerprint density at radius 3 is 2.62 bits per heavy atom. The number of hydrogen-bond acceptors (Lipinski definition) is 4. The van der Waals surface area contributed by atoms with Crippen LogP contribution < -0.4 is 0 Å². The largest absolute Gasteiger partial charge is 0.353 e. The van der Waals surface area contributed by atoms with Crippen molar-refractivity contribution in [2.75, 3.05) is 7.11 Å². The van der Waals surface area contributed by atoms with Crippen LogP contribution in [-0.2, 0) is 18.9 Å². The van der Waals surface area contributed by atoms with E-state index in [-0.39, 0.29) is 24.6 Å². The van der Waals surface area contributed by atoms with E-state index in [1.54, 1.807) is 7.11 Å². The Morgan fingerprint density at radius 2 is 2.00 bits per heavy atom. The van der Waals surface area contributed by atoms with Gasteiger partial charge in [0, 0.05) is 7.11 Å². The first-order valence-corrected chi connectivity index (χ1v) is 5.72. The van der Waals surface area contributed by atoms with Crippen LogP contribution in [0.3, 0.4) is 0 Å². The van der Waals surface area contributed by atoms with Gasteiger partial charge in [-0.15, -0.1) is 6.58 Å².